The average molecular weight is 427 g/mol. The van der Waals surface area contributed by atoms with Gasteiger partial charge < -0.3 is 14.8 Å². The van der Waals surface area contributed by atoms with E-state index in [1.165, 1.54) is 12.8 Å². The maximum Gasteiger partial charge on any atom is 0.256 e. The molecule has 1 N–H and O–H groups in total. The maximum atomic E-state index is 13.0. The highest BCUT2D eigenvalue weighted by molar-refractivity contribution is 5.82. The lowest BCUT2D eigenvalue weighted by atomic mass is 9.99. The molecule has 0 bridgehead atoms. The van der Waals surface area contributed by atoms with Crippen LogP contribution in [-0.4, -0.2) is 44.7 Å². The number of rotatable bonds is 4. The molecule has 0 unspecified atom stereocenters. The van der Waals surface area contributed by atoms with Gasteiger partial charge in [-0.05, 0) is 50.4 Å². The third-order valence-electron chi connectivity index (χ3n) is 7.91. The summed E-state index contributed by atoms with van der Waals surface area (Å²) in [6, 6.07) is -0.130. The van der Waals surface area contributed by atoms with Crippen molar-refractivity contribution in [3.8, 4) is 0 Å². The molecule has 2 aliphatic carbocycles. The summed E-state index contributed by atoms with van der Waals surface area (Å²) in [5, 5.41) is 0. The second kappa shape index (κ2) is 8.40. The summed E-state index contributed by atoms with van der Waals surface area (Å²) in [6.07, 6.45) is 9.86. The van der Waals surface area contributed by atoms with Gasteiger partial charge >= 0.3 is 0 Å². The first-order valence-electron chi connectivity index (χ1n) is 12.2. The highest BCUT2D eigenvalue weighted by Gasteiger charge is 2.44. The minimum atomic E-state index is -0.142. The summed E-state index contributed by atoms with van der Waals surface area (Å²) in [6.45, 7) is 3.86. The standard InChI is InChI=1S/C24H34N4O3/c1-15-12-17(15)24(31)28-10-5-4-8-20(28)22-25-19-9-11-27(14-18(19)23(30)26-22)21(29)13-16-6-2-3-7-16/h15-17,20H,2-14H2,1H3,(H,25,26,30)/t15-,17-,20+/m1/s1. The van der Waals surface area contributed by atoms with Gasteiger partial charge in [0.25, 0.3) is 5.56 Å². The first-order valence-corrected chi connectivity index (χ1v) is 12.2. The van der Waals surface area contributed by atoms with Crippen LogP contribution in [0.25, 0.3) is 0 Å². The summed E-state index contributed by atoms with van der Waals surface area (Å²) in [4.78, 5) is 50.3. The van der Waals surface area contributed by atoms with E-state index in [0.29, 0.717) is 49.2 Å². The summed E-state index contributed by atoms with van der Waals surface area (Å²) in [7, 11) is 0. The molecule has 168 valence electrons. The third kappa shape index (κ3) is 4.15. The van der Waals surface area contributed by atoms with Crippen LogP contribution in [0.15, 0.2) is 4.79 Å². The van der Waals surface area contributed by atoms with E-state index in [1.807, 2.05) is 9.80 Å². The van der Waals surface area contributed by atoms with Gasteiger partial charge in [0.2, 0.25) is 11.8 Å². The molecule has 0 aromatic carbocycles. The number of likely N-dealkylation sites (tertiary alicyclic amines) is 1. The van der Waals surface area contributed by atoms with Crippen LogP contribution >= 0.6 is 0 Å². The van der Waals surface area contributed by atoms with E-state index in [9.17, 15) is 14.4 Å². The van der Waals surface area contributed by atoms with Crippen LogP contribution in [-0.2, 0) is 22.6 Å². The van der Waals surface area contributed by atoms with Crippen LogP contribution in [0.3, 0.4) is 0 Å². The fraction of sp³-hybridized carbons (Fsp3) is 0.750. The number of piperidine rings is 1. The molecule has 1 aromatic rings. The van der Waals surface area contributed by atoms with Crippen LogP contribution in [0.5, 0.6) is 0 Å². The Morgan fingerprint density at radius 2 is 1.84 bits per heavy atom. The zero-order valence-electron chi connectivity index (χ0n) is 18.6. The van der Waals surface area contributed by atoms with Crippen LogP contribution in [0.2, 0.25) is 0 Å². The number of nitrogens with zero attached hydrogens (tertiary/aromatic N) is 3. The van der Waals surface area contributed by atoms with Crippen molar-refractivity contribution in [2.24, 2.45) is 17.8 Å². The third-order valence-corrected chi connectivity index (χ3v) is 7.91. The van der Waals surface area contributed by atoms with Gasteiger partial charge in [0.15, 0.2) is 0 Å². The highest BCUT2D eigenvalue weighted by atomic mass is 16.2. The summed E-state index contributed by atoms with van der Waals surface area (Å²) in [5.41, 5.74) is 1.29. The van der Waals surface area contributed by atoms with Crippen molar-refractivity contribution in [3.63, 3.8) is 0 Å². The lowest BCUT2D eigenvalue weighted by Crippen LogP contribution is -2.43. The van der Waals surface area contributed by atoms with E-state index in [1.54, 1.807) is 0 Å². The van der Waals surface area contributed by atoms with Crippen molar-refractivity contribution in [2.45, 2.75) is 83.7 Å². The van der Waals surface area contributed by atoms with E-state index in [4.69, 9.17) is 4.98 Å². The average Bonchev–Trinajstić information content (AvgIpc) is 3.28. The van der Waals surface area contributed by atoms with Crippen LogP contribution in [0.1, 0.15) is 87.8 Å². The van der Waals surface area contributed by atoms with E-state index in [2.05, 4.69) is 11.9 Å². The summed E-state index contributed by atoms with van der Waals surface area (Å²) < 4.78 is 0. The molecule has 2 amide bonds. The Kier molecular flexibility index (Phi) is 5.61. The minimum absolute atomic E-state index is 0.130. The quantitative estimate of drug-likeness (QED) is 0.802. The molecule has 3 atom stereocenters. The predicted octanol–water partition coefficient (Wildman–Crippen LogP) is 2.94. The fourth-order valence-electron chi connectivity index (χ4n) is 5.76. The zero-order chi connectivity index (χ0) is 21.5. The van der Waals surface area contributed by atoms with Gasteiger partial charge in [0, 0.05) is 31.8 Å². The van der Waals surface area contributed by atoms with E-state index in [0.717, 1.165) is 50.8 Å². The molecule has 0 radical (unpaired) electrons. The number of nitrogens with one attached hydrogen (secondary N) is 1. The molecule has 4 aliphatic rings. The summed E-state index contributed by atoms with van der Waals surface area (Å²) >= 11 is 0. The molecule has 3 heterocycles. The van der Waals surface area contributed by atoms with Gasteiger partial charge in [0.1, 0.15) is 5.82 Å². The fourth-order valence-corrected chi connectivity index (χ4v) is 5.76. The van der Waals surface area contributed by atoms with E-state index < -0.39 is 0 Å². The Hall–Kier alpha value is -2.18. The molecular weight excluding hydrogens is 392 g/mol. The van der Waals surface area contributed by atoms with Crippen LogP contribution < -0.4 is 5.56 Å². The Balaban J connectivity index is 1.32. The normalized spacial score (nSPS) is 28.5. The lowest BCUT2D eigenvalue weighted by molar-refractivity contribution is -0.137. The Labute approximate surface area is 183 Å². The number of aromatic nitrogens is 2. The molecule has 7 heteroatoms. The molecule has 3 fully saturated rings. The van der Waals surface area contributed by atoms with Gasteiger partial charge in [-0.3, -0.25) is 14.4 Å². The number of carbonyl (C=O) groups excluding carboxylic acids is 2. The molecule has 31 heavy (non-hydrogen) atoms. The molecule has 0 spiro atoms. The minimum Gasteiger partial charge on any atom is -0.338 e. The van der Waals surface area contributed by atoms with Gasteiger partial charge in [-0.2, -0.15) is 0 Å². The monoisotopic (exact) mass is 426 g/mol. The Morgan fingerprint density at radius 1 is 1.10 bits per heavy atom. The Morgan fingerprint density at radius 3 is 2.58 bits per heavy atom. The summed E-state index contributed by atoms with van der Waals surface area (Å²) in [5.74, 6) is 2.15. The number of H-pyrrole nitrogens is 1. The van der Waals surface area contributed by atoms with E-state index >= 15 is 0 Å². The molecule has 1 aromatic heterocycles. The lowest BCUT2D eigenvalue weighted by Gasteiger charge is -2.36. The van der Waals surface area contributed by atoms with Crippen LogP contribution in [0, 0.1) is 17.8 Å². The van der Waals surface area contributed by atoms with Crippen molar-refractivity contribution >= 4 is 11.8 Å². The van der Waals surface area contributed by atoms with Crippen molar-refractivity contribution in [3.05, 3.63) is 27.4 Å². The van der Waals surface area contributed by atoms with E-state index in [-0.39, 0.29) is 29.3 Å². The maximum absolute atomic E-state index is 13.0. The first-order chi connectivity index (χ1) is 15.0. The van der Waals surface area contributed by atoms with Crippen molar-refractivity contribution in [1.82, 2.24) is 19.8 Å². The number of carbonyl (C=O) groups is 2. The van der Waals surface area contributed by atoms with Gasteiger partial charge in [-0.25, -0.2) is 4.98 Å². The highest BCUT2D eigenvalue weighted by Crippen LogP contribution is 2.42. The topological polar surface area (TPSA) is 86.4 Å². The first kappa shape index (κ1) is 20.7. The molecule has 5 rings (SSSR count). The molecular formula is C24H34N4O3. The number of aromatic amines is 1. The van der Waals surface area contributed by atoms with Gasteiger partial charge in [0.05, 0.1) is 23.8 Å². The van der Waals surface area contributed by atoms with Gasteiger partial charge in [-0.15, -0.1) is 0 Å². The van der Waals surface area contributed by atoms with Crippen LogP contribution in [0.4, 0.5) is 0 Å². The molecule has 2 aliphatic heterocycles. The zero-order valence-corrected chi connectivity index (χ0v) is 18.6. The largest absolute Gasteiger partial charge is 0.338 e. The molecule has 7 nitrogen and oxygen atoms in total. The Bertz CT molecular complexity index is 920. The predicted molar refractivity (Wildman–Crippen MR) is 116 cm³/mol. The SMILES string of the molecule is C[C@@H]1C[C@H]1C(=O)N1CCCC[C@H]1c1nc2c(c(=O)[nH]1)CN(C(=O)CC1CCCC1)CC2. The van der Waals surface area contributed by atoms with Crippen molar-refractivity contribution < 1.29 is 9.59 Å². The number of amides is 2. The van der Waals surface area contributed by atoms with Crippen molar-refractivity contribution in [2.75, 3.05) is 13.1 Å². The smallest absolute Gasteiger partial charge is 0.256 e. The molecule has 1 saturated heterocycles. The number of fused-ring (bicyclic) bond motifs is 1. The van der Waals surface area contributed by atoms with Gasteiger partial charge in [-0.1, -0.05) is 19.8 Å². The second-order valence-corrected chi connectivity index (χ2v) is 10.2. The van der Waals surface area contributed by atoms with Crippen molar-refractivity contribution in [1.29, 1.82) is 0 Å². The molecule has 2 saturated carbocycles. The second-order valence-electron chi connectivity index (χ2n) is 10.2. The number of hydrogen-bond donors (Lipinski definition) is 1. The number of hydrogen-bond acceptors (Lipinski definition) is 4.